The average Bonchev–Trinajstić information content (AvgIpc) is 3.30. The van der Waals surface area contributed by atoms with E-state index in [9.17, 15) is 24.5 Å². The number of ether oxygens (including phenoxy) is 2. The average molecular weight is 510 g/mol. The molecule has 2 aliphatic rings. The standard InChI is InChI=1S/C27H31N3O7/c1-7-19-23(24(32)27(12-9-13-28-27)15-20(31)37-26(3,4)5)22(21(16(2)29-19)25(33)36-6)17-10-8-11-18(14-17)30(34)35/h8-14,21-22H,7,15H2,1-6H3. The third-order valence-corrected chi connectivity index (χ3v) is 6.18. The molecule has 3 atom stereocenters. The number of non-ortho nitro benzene ring substituents is 1. The van der Waals surface area contributed by atoms with Crippen LogP contribution in [0.25, 0.3) is 0 Å². The van der Waals surface area contributed by atoms with Crippen LogP contribution in [-0.2, 0) is 23.9 Å². The summed E-state index contributed by atoms with van der Waals surface area (Å²) in [4.78, 5) is 60.1. The van der Waals surface area contributed by atoms with Gasteiger partial charge in [-0.2, -0.15) is 0 Å². The molecule has 0 aromatic heterocycles. The van der Waals surface area contributed by atoms with Gasteiger partial charge in [-0.3, -0.25) is 34.5 Å². The number of allylic oxidation sites excluding steroid dienone is 2. The molecule has 0 radical (unpaired) electrons. The maximum atomic E-state index is 14.4. The molecule has 0 spiro atoms. The summed E-state index contributed by atoms with van der Waals surface area (Å²) in [5.41, 5.74) is -1.18. The fourth-order valence-corrected chi connectivity index (χ4v) is 4.67. The van der Waals surface area contributed by atoms with Crippen molar-refractivity contribution in [3.8, 4) is 0 Å². The zero-order valence-corrected chi connectivity index (χ0v) is 21.8. The largest absolute Gasteiger partial charge is 0.468 e. The van der Waals surface area contributed by atoms with Gasteiger partial charge >= 0.3 is 11.9 Å². The van der Waals surface area contributed by atoms with Crippen molar-refractivity contribution in [2.24, 2.45) is 15.9 Å². The Kier molecular flexibility index (Phi) is 7.90. The Bertz CT molecular complexity index is 1240. The molecule has 0 saturated heterocycles. The maximum Gasteiger partial charge on any atom is 0.315 e. The van der Waals surface area contributed by atoms with E-state index in [0.29, 0.717) is 23.4 Å². The molecule has 0 amide bonds. The van der Waals surface area contributed by atoms with Crippen LogP contribution in [0.5, 0.6) is 0 Å². The molecule has 3 unspecified atom stereocenters. The summed E-state index contributed by atoms with van der Waals surface area (Å²) in [6.45, 7) is 8.65. The summed E-state index contributed by atoms with van der Waals surface area (Å²) in [5.74, 6) is -3.72. The topological polar surface area (TPSA) is 138 Å². The van der Waals surface area contributed by atoms with Crippen molar-refractivity contribution in [2.45, 2.75) is 64.5 Å². The fourth-order valence-electron chi connectivity index (χ4n) is 4.67. The van der Waals surface area contributed by atoms with Crippen LogP contribution in [-0.4, -0.2) is 52.8 Å². The van der Waals surface area contributed by atoms with Gasteiger partial charge in [0, 0.05) is 41.2 Å². The van der Waals surface area contributed by atoms with E-state index in [-0.39, 0.29) is 17.7 Å². The number of hydrogen-bond acceptors (Lipinski definition) is 9. The first kappa shape index (κ1) is 27.6. The molecular formula is C27H31N3O7. The van der Waals surface area contributed by atoms with Crippen LogP contribution in [0.1, 0.15) is 58.9 Å². The first-order chi connectivity index (χ1) is 17.3. The monoisotopic (exact) mass is 509 g/mol. The molecule has 0 aliphatic carbocycles. The number of ketones is 1. The molecule has 2 heterocycles. The third-order valence-electron chi connectivity index (χ3n) is 6.18. The summed E-state index contributed by atoms with van der Waals surface area (Å²) >= 11 is 0. The number of rotatable bonds is 8. The number of esters is 2. The van der Waals surface area contributed by atoms with Crippen molar-refractivity contribution >= 4 is 35.3 Å². The molecule has 0 N–H and O–H groups in total. The van der Waals surface area contributed by atoms with E-state index in [2.05, 4.69) is 9.98 Å². The number of aliphatic imine (C=N–C) groups is 2. The number of carbonyl (C=O) groups excluding carboxylic acids is 3. The molecule has 0 saturated carbocycles. The van der Waals surface area contributed by atoms with E-state index in [1.807, 2.05) is 6.92 Å². The Morgan fingerprint density at radius 2 is 1.92 bits per heavy atom. The molecule has 1 aromatic rings. The highest BCUT2D eigenvalue weighted by Crippen LogP contribution is 2.44. The number of methoxy groups -OCH3 is 1. The number of Topliss-reactive ketones (excluding diaryl/α,β-unsaturated/α-hetero) is 1. The normalized spacial score (nSPS) is 23.0. The first-order valence-electron chi connectivity index (χ1n) is 11.9. The van der Waals surface area contributed by atoms with E-state index in [1.54, 1.807) is 39.8 Å². The Balaban J connectivity index is 2.22. The predicted octanol–water partition coefficient (Wildman–Crippen LogP) is 4.29. The molecule has 196 valence electrons. The minimum absolute atomic E-state index is 0.163. The highest BCUT2D eigenvalue weighted by molar-refractivity contribution is 6.13. The van der Waals surface area contributed by atoms with Crippen LogP contribution in [0.2, 0.25) is 0 Å². The van der Waals surface area contributed by atoms with Crippen molar-refractivity contribution < 1.29 is 28.8 Å². The summed E-state index contributed by atoms with van der Waals surface area (Å²) in [5, 5.41) is 11.5. The molecule has 2 aliphatic heterocycles. The second kappa shape index (κ2) is 10.6. The Morgan fingerprint density at radius 1 is 1.22 bits per heavy atom. The number of nitro groups is 1. The SMILES string of the molecule is CCC1=C(C(=O)C2(CC(=O)OC(C)(C)C)C=CC=N2)C(c2cccc([N+](=O)[O-])c2)C(C(=O)OC)C(C)=N1. The van der Waals surface area contributed by atoms with Gasteiger partial charge in [0.1, 0.15) is 11.5 Å². The highest BCUT2D eigenvalue weighted by atomic mass is 16.6. The summed E-state index contributed by atoms with van der Waals surface area (Å²) < 4.78 is 10.5. The number of nitro benzene ring substituents is 1. The highest BCUT2D eigenvalue weighted by Gasteiger charge is 2.49. The molecule has 0 fully saturated rings. The van der Waals surface area contributed by atoms with Crippen LogP contribution in [0.3, 0.4) is 0 Å². The van der Waals surface area contributed by atoms with Crippen LogP contribution in [0, 0.1) is 16.0 Å². The van der Waals surface area contributed by atoms with E-state index < -0.39 is 45.6 Å². The van der Waals surface area contributed by atoms with Crippen molar-refractivity contribution in [1.29, 1.82) is 0 Å². The van der Waals surface area contributed by atoms with Gasteiger partial charge in [-0.1, -0.05) is 19.1 Å². The van der Waals surface area contributed by atoms with Gasteiger partial charge in [0.25, 0.3) is 5.69 Å². The van der Waals surface area contributed by atoms with Crippen LogP contribution in [0.15, 0.2) is 57.7 Å². The number of nitrogens with zero attached hydrogens (tertiary/aromatic N) is 3. The zero-order valence-electron chi connectivity index (χ0n) is 21.8. The van der Waals surface area contributed by atoms with Crippen LogP contribution in [0.4, 0.5) is 5.69 Å². The van der Waals surface area contributed by atoms with Gasteiger partial charge in [0.2, 0.25) is 0 Å². The lowest BCUT2D eigenvalue weighted by Crippen LogP contribution is -2.44. The minimum atomic E-state index is -1.60. The second-order valence-electron chi connectivity index (χ2n) is 9.95. The molecule has 0 bridgehead atoms. The van der Waals surface area contributed by atoms with E-state index >= 15 is 0 Å². The lowest BCUT2D eigenvalue weighted by molar-refractivity contribution is -0.384. The zero-order chi connectivity index (χ0) is 27.5. The van der Waals surface area contributed by atoms with Crippen molar-refractivity contribution in [1.82, 2.24) is 0 Å². The number of benzene rings is 1. The minimum Gasteiger partial charge on any atom is -0.468 e. The fraction of sp³-hybridized carbons (Fsp3) is 0.444. The number of hydrogen-bond donors (Lipinski definition) is 0. The van der Waals surface area contributed by atoms with Gasteiger partial charge < -0.3 is 9.47 Å². The summed E-state index contributed by atoms with van der Waals surface area (Å²) in [6.07, 6.45) is 4.53. The molecular weight excluding hydrogens is 478 g/mol. The van der Waals surface area contributed by atoms with Gasteiger partial charge in [-0.05, 0) is 51.8 Å². The smallest absolute Gasteiger partial charge is 0.315 e. The van der Waals surface area contributed by atoms with E-state index in [0.717, 1.165) is 0 Å². The van der Waals surface area contributed by atoms with E-state index in [4.69, 9.17) is 9.47 Å². The summed E-state index contributed by atoms with van der Waals surface area (Å²) in [6, 6.07) is 5.80. The van der Waals surface area contributed by atoms with Gasteiger partial charge in [-0.15, -0.1) is 0 Å². The van der Waals surface area contributed by atoms with Crippen molar-refractivity contribution in [2.75, 3.05) is 7.11 Å². The van der Waals surface area contributed by atoms with Crippen molar-refractivity contribution in [3.63, 3.8) is 0 Å². The van der Waals surface area contributed by atoms with Gasteiger partial charge in [-0.25, -0.2) is 0 Å². The first-order valence-corrected chi connectivity index (χ1v) is 11.9. The molecule has 3 rings (SSSR count). The summed E-state index contributed by atoms with van der Waals surface area (Å²) in [7, 11) is 1.23. The lowest BCUT2D eigenvalue weighted by Gasteiger charge is -2.35. The maximum absolute atomic E-state index is 14.4. The van der Waals surface area contributed by atoms with E-state index in [1.165, 1.54) is 37.6 Å². The number of carbonyl (C=O) groups is 3. The third kappa shape index (κ3) is 5.73. The van der Waals surface area contributed by atoms with Crippen LogP contribution < -0.4 is 0 Å². The van der Waals surface area contributed by atoms with Crippen molar-refractivity contribution in [3.05, 3.63) is 63.4 Å². The van der Waals surface area contributed by atoms with Gasteiger partial charge in [0.05, 0.1) is 18.5 Å². The molecule has 37 heavy (non-hydrogen) atoms. The van der Waals surface area contributed by atoms with Crippen LogP contribution >= 0.6 is 0 Å². The second-order valence-corrected chi connectivity index (χ2v) is 9.95. The van der Waals surface area contributed by atoms with Gasteiger partial charge in [0.15, 0.2) is 11.3 Å². The quantitative estimate of drug-likeness (QED) is 0.289. The predicted molar refractivity (Wildman–Crippen MR) is 138 cm³/mol. The molecule has 1 aromatic carbocycles. The Hall–Kier alpha value is -3.95. The lowest BCUT2D eigenvalue weighted by atomic mass is 9.70. The molecule has 10 heteroatoms. The Morgan fingerprint density at radius 3 is 2.46 bits per heavy atom. The Labute approximate surface area is 215 Å². The molecule has 10 nitrogen and oxygen atoms in total.